The molecule has 0 aromatic carbocycles. The summed E-state index contributed by atoms with van der Waals surface area (Å²) in [5, 5.41) is 8.60. The average molecular weight is 140 g/mol. The van der Waals surface area contributed by atoms with Gasteiger partial charge in [0.05, 0.1) is 5.92 Å². The molecule has 0 bridgehead atoms. The second kappa shape index (κ2) is 2.86. The van der Waals surface area contributed by atoms with E-state index in [1.807, 2.05) is 6.08 Å². The number of carboxylic acid groups (broad SMARTS) is 1. The fourth-order valence-corrected chi connectivity index (χ4v) is 1.27. The standard InChI is InChI=1S/C8H12O2/c1-6-3-2-4-7(5-6)8(9)10/h2,4,6-7H,3,5H2,1H3,(H,9,10). The van der Waals surface area contributed by atoms with Crippen LogP contribution in [0.1, 0.15) is 19.8 Å². The molecule has 1 aliphatic rings. The normalized spacial score (nSPS) is 32.1. The molecular weight excluding hydrogens is 128 g/mol. The van der Waals surface area contributed by atoms with Gasteiger partial charge in [-0.2, -0.15) is 0 Å². The summed E-state index contributed by atoms with van der Waals surface area (Å²) in [6.07, 6.45) is 5.59. The van der Waals surface area contributed by atoms with Crippen molar-refractivity contribution in [1.82, 2.24) is 0 Å². The number of carboxylic acids is 1. The van der Waals surface area contributed by atoms with Crippen molar-refractivity contribution in [2.45, 2.75) is 19.8 Å². The van der Waals surface area contributed by atoms with E-state index in [-0.39, 0.29) is 5.92 Å². The lowest BCUT2D eigenvalue weighted by atomic mass is 9.88. The molecule has 2 unspecified atom stereocenters. The summed E-state index contributed by atoms with van der Waals surface area (Å²) < 4.78 is 0. The van der Waals surface area contributed by atoms with Crippen LogP contribution in [0.5, 0.6) is 0 Å². The SMILES string of the molecule is CC1CC=CC(C(=O)O)C1. The first-order valence-corrected chi connectivity index (χ1v) is 3.59. The van der Waals surface area contributed by atoms with Crippen molar-refractivity contribution in [1.29, 1.82) is 0 Å². The van der Waals surface area contributed by atoms with Gasteiger partial charge < -0.3 is 5.11 Å². The van der Waals surface area contributed by atoms with Crippen molar-refractivity contribution in [3.05, 3.63) is 12.2 Å². The molecule has 0 amide bonds. The molecule has 0 aromatic heterocycles. The number of aliphatic carboxylic acids is 1. The van der Waals surface area contributed by atoms with E-state index < -0.39 is 5.97 Å². The van der Waals surface area contributed by atoms with Gasteiger partial charge in [0.15, 0.2) is 0 Å². The fourth-order valence-electron chi connectivity index (χ4n) is 1.27. The maximum Gasteiger partial charge on any atom is 0.310 e. The molecular formula is C8H12O2. The molecule has 2 heteroatoms. The van der Waals surface area contributed by atoms with Crippen LogP contribution >= 0.6 is 0 Å². The Morgan fingerprint density at radius 3 is 2.80 bits per heavy atom. The molecule has 1 aliphatic carbocycles. The second-order valence-electron chi connectivity index (χ2n) is 2.95. The highest BCUT2D eigenvalue weighted by atomic mass is 16.4. The largest absolute Gasteiger partial charge is 0.481 e. The summed E-state index contributed by atoms with van der Waals surface area (Å²) in [5.41, 5.74) is 0. The maximum absolute atomic E-state index is 10.4. The summed E-state index contributed by atoms with van der Waals surface area (Å²) in [4.78, 5) is 10.4. The molecule has 0 spiro atoms. The van der Waals surface area contributed by atoms with E-state index in [4.69, 9.17) is 5.11 Å². The van der Waals surface area contributed by atoms with Crippen LogP contribution in [0.15, 0.2) is 12.2 Å². The van der Waals surface area contributed by atoms with Gasteiger partial charge in [0.1, 0.15) is 0 Å². The van der Waals surface area contributed by atoms with Crippen LogP contribution in [0.3, 0.4) is 0 Å². The number of rotatable bonds is 1. The van der Waals surface area contributed by atoms with Crippen molar-refractivity contribution in [2.75, 3.05) is 0 Å². The first-order chi connectivity index (χ1) is 4.70. The van der Waals surface area contributed by atoms with Gasteiger partial charge >= 0.3 is 5.97 Å². The lowest BCUT2D eigenvalue weighted by molar-refractivity contribution is -0.140. The van der Waals surface area contributed by atoms with Crippen molar-refractivity contribution in [3.63, 3.8) is 0 Å². The smallest absolute Gasteiger partial charge is 0.310 e. The molecule has 56 valence electrons. The van der Waals surface area contributed by atoms with Crippen LogP contribution in [-0.2, 0) is 4.79 Å². The quantitative estimate of drug-likeness (QED) is 0.562. The molecule has 1 N–H and O–H groups in total. The molecule has 0 aromatic rings. The molecule has 0 fully saturated rings. The third-order valence-electron chi connectivity index (χ3n) is 1.88. The van der Waals surface area contributed by atoms with Gasteiger partial charge in [-0.25, -0.2) is 0 Å². The Hall–Kier alpha value is -0.790. The van der Waals surface area contributed by atoms with E-state index in [1.165, 1.54) is 0 Å². The zero-order chi connectivity index (χ0) is 7.56. The Morgan fingerprint density at radius 1 is 1.70 bits per heavy atom. The zero-order valence-electron chi connectivity index (χ0n) is 6.08. The second-order valence-corrected chi connectivity index (χ2v) is 2.95. The molecule has 0 saturated carbocycles. The Labute approximate surface area is 60.6 Å². The summed E-state index contributed by atoms with van der Waals surface area (Å²) in [6, 6.07) is 0. The number of carbonyl (C=O) groups is 1. The molecule has 10 heavy (non-hydrogen) atoms. The highest BCUT2D eigenvalue weighted by molar-refractivity contribution is 5.72. The van der Waals surface area contributed by atoms with Gasteiger partial charge in [-0.15, -0.1) is 0 Å². The Balaban J connectivity index is 2.55. The van der Waals surface area contributed by atoms with Crippen molar-refractivity contribution >= 4 is 5.97 Å². The van der Waals surface area contributed by atoms with Gasteiger partial charge in [0.2, 0.25) is 0 Å². The van der Waals surface area contributed by atoms with Crippen LogP contribution in [0.2, 0.25) is 0 Å². The monoisotopic (exact) mass is 140 g/mol. The number of hydrogen-bond acceptors (Lipinski definition) is 1. The molecule has 2 atom stereocenters. The summed E-state index contributed by atoms with van der Waals surface area (Å²) >= 11 is 0. The van der Waals surface area contributed by atoms with Gasteiger partial charge in [0.25, 0.3) is 0 Å². The minimum Gasteiger partial charge on any atom is -0.481 e. The molecule has 2 nitrogen and oxygen atoms in total. The van der Waals surface area contributed by atoms with Crippen molar-refractivity contribution in [3.8, 4) is 0 Å². The third-order valence-corrected chi connectivity index (χ3v) is 1.88. The molecule has 0 radical (unpaired) electrons. The van der Waals surface area contributed by atoms with Gasteiger partial charge in [0, 0.05) is 0 Å². The van der Waals surface area contributed by atoms with E-state index >= 15 is 0 Å². The van der Waals surface area contributed by atoms with Crippen molar-refractivity contribution < 1.29 is 9.90 Å². The van der Waals surface area contributed by atoms with Gasteiger partial charge in [-0.1, -0.05) is 19.1 Å². The average Bonchev–Trinajstić information content (AvgIpc) is 1.88. The molecule has 0 heterocycles. The van der Waals surface area contributed by atoms with E-state index in [0.717, 1.165) is 12.8 Å². The first kappa shape index (κ1) is 7.32. The van der Waals surface area contributed by atoms with Gasteiger partial charge in [-0.3, -0.25) is 4.79 Å². The van der Waals surface area contributed by atoms with Gasteiger partial charge in [-0.05, 0) is 18.8 Å². The number of allylic oxidation sites excluding steroid dienone is 1. The topological polar surface area (TPSA) is 37.3 Å². The van der Waals surface area contributed by atoms with Crippen LogP contribution < -0.4 is 0 Å². The molecule has 1 rings (SSSR count). The summed E-state index contributed by atoms with van der Waals surface area (Å²) in [5.74, 6) is -0.391. The lowest BCUT2D eigenvalue weighted by Crippen LogP contribution is -2.17. The van der Waals surface area contributed by atoms with Crippen LogP contribution in [0.25, 0.3) is 0 Å². The van der Waals surface area contributed by atoms with E-state index in [0.29, 0.717) is 5.92 Å². The Bertz CT molecular complexity index is 161. The minimum atomic E-state index is -0.692. The molecule has 0 aliphatic heterocycles. The predicted molar refractivity (Wildman–Crippen MR) is 38.7 cm³/mol. The molecule has 0 saturated heterocycles. The van der Waals surface area contributed by atoms with Crippen LogP contribution in [0, 0.1) is 11.8 Å². The highest BCUT2D eigenvalue weighted by Gasteiger charge is 2.19. The van der Waals surface area contributed by atoms with Crippen LogP contribution in [0.4, 0.5) is 0 Å². The van der Waals surface area contributed by atoms with Crippen molar-refractivity contribution in [2.24, 2.45) is 11.8 Å². The number of hydrogen-bond donors (Lipinski definition) is 1. The summed E-state index contributed by atoms with van der Waals surface area (Å²) in [6.45, 7) is 2.08. The zero-order valence-corrected chi connectivity index (χ0v) is 6.08. The van der Waals surface area contributed by atoms with E-state index in [9.17, 15) is 4.79 Å². The summed E-state index contributed by atoms with van der Waals surface area (Å²) in [7, 11) is 0. The Kier molecular flexibility index (Phi) is 2.10. The van der Waals surface area contributed by atoms with E-state index in [1.54, 1.807) is 6.08 Å². The first-order valence-electron chi connectivity index (χ1n) is 3.59. The van der Waals surface area contributed by atoms with E-state index in [2.05, 4.69) is 6.92 Å². The highest BCUT2D eigenvalue weighted by Crippen LogP contribution is 2.22. The third kappa shape index (κ3) is 1.59. The minimum absolute atomic E-state index is 0.233. The van der Waals surface area contributed by atoms with Crippen LogP contribution in [-0.4, -0.2) is 11.1 Å². The fraction of sp³-hybridized carbons (Fsp3) is 0.625. The predicted octanol–water partition coefficient (Wildman–Crippen LogP) is 1.67. The Morgan fingerprint density at radius 2 is 2.40 bits per heavy atom. The maximum atomic E-state index is 10.4. The lowest BCUT2D eigenvalue weighted by Gasteiger charge is -2.17.